The molecule has 0 spiro atoms. The van der Waals surface area contributed by atoms with Gasteiger partial charge in [0.15, 0.2) is 0 Å². The van der Waals surface area contributed by atoms with Crippen LogP contribution in [0.1, 0.15) is 24.5 Å². The molecule has 3 nitrogen and oxygen atoms in total. The second-order valence-corrected chi connectivity index (χ2v) is 4.30. The minimum atomic E-state index is -0.525. The number of ether oxygens (including phenoxy) is 1. The summed E-state index contributed by atoms with van der Waals surface area (Å²) in [6.07, 6.45) is 4.29. The van der Waals surface area contributed by atoms with Crippen LogP contribution in [-0.2, 0) is 5.54 Å². The van der Waals surface area contributed by atoms with Gasteiger partial charge in [-0.15, -0.1) is 0 Å². The van der Waals surface area contributed by atoms with Crippen molar-refractivity contribution in [1.29, 1.82) is 0 Å². The molecule has 2 rings (SSSR count). The van der Waals surface area contributed by atoms with E-state index in [4.69, 9.17) is 10.5 Å². The maximum absolute atomic E-state index is 6.57. The van der Waals surface area contributed by atoms with E-state index in [2.05, 4.69) is 11.9 Å². The first-order valence-corrected chi connectivity index (χ1v) is 6.04. The van der Waals surface area contributed by atoms with Gasteiger partial charge in [0.2, 0.25) is 0 Å². The standard InChI is InChI=1S/C15H18N2O/c1-3-15(16,12-7-5-4-6-8-12)13-9-14(18-2)11-17-10-13/h4-11H,3,16H2,1-2H3. The molecule has 1 heterocycles. The van der Waals surface area contributed by atoms with Gasteiger partial charge in [0.1, 0.15) is 5.75 Å². The van der Waals surface area contributed by atoms with E-state index in [1.807, 2.05) is 36.4 Å². The van der Waals surface area contributed by atoms with Gasteiger partial charge in [0.25, 0.3) is 0 Å². The molecular weight excluding hydrogens is 224 g/mol. The molecule has 1 aromatic carbocycles. The van der Waals surface area contributed by atoms with Crippen molar-refractivity contribution >= 4 is 0 Å². The fourth-order valence-electron chi connectivity index (χ4n) is 2.08. The van der Waals surface area contributed by atoms with Gasteiger partial charge in [-0.2, -0.15) is 0 Å². The third-order valence-corrected chi connectivity index (χ3v) is 3.31. The molecule has 0 aliphatic heterocycles. The molecule has 0 saturated carbocycles. The Hall–Kier alpha value is -1.87. The Morgan fingerprint density at radius 2 is 1.89 bits per heavy atom. The van der Waals surface area contributed by atoms with E-state index in [0.29, 0.717) is 0 Å². The minimum absolute atomic E-state index is 0.525. The minimum Gasteiger partial charge on any atom is -0.495 e. The molecule has 1 unspecified atom stereocenters. The molecule has 2 N–H and O–H groups in total. The monoisotopic (exact) mass is 242 g/mol. The quantitative estimate of drug-likeness (QED) is 0.896. The van der Waals surface area contributed by atoms with Gasteiger partial charge >= 0.3 is 0 Å². The summed E-state index contributed by atoms with van der Waals surface area (Å²) in [7, 11) is 1.63. The Labute approximate surface area is 108 Å². The number of hydrogen-bond acceptors (Lipinski definition) is 3. The Kier molecular flexibility index (Phi) is 3.63. The van der Waals surface area contributed by atoms with Crippen molar-refractivity contribution in [3.63, 3.8) is 0 Å². The van der Waals surface area contributed by atoms with Crippen LogP contribution in [0.25, 0.3) is 0 Å². The largest absolute Gasteiger partial charge is 0.495 e. The number of hydrogen-bond donors (Lipinski definition) is 1. The summed E-state index contributed by atoms with van der Waals surface area (Å²) in [5.41, 5.74) is 8.10. The molecule has 0 amide bonds. The molecule has 0 aliphatic carbocycles. The van der Waals surface area contributed by atoms with E-state index < -0.39 is 5.54 Å². The Morgan fingerprint density at radius 1 is 1.17 bits per heavy atom. The zero-order chi connectivity index (χ0) is 13.0. The highest BCUT2D eigenvalue weighted by molar-refractivity contribution is 5.39. The first-order chi connectivity index (χ1) is 8.70. The zero-order valence-corrected chi connectivity index (χ0v) is 10.8. The van der Waals surface area contributed by atoms with Gasteiger partial charge in [0.05, 0.1) is 18.8 Å². The average molecular weight is 242 g/mol. The molecule has 0 saturated heterocycles. The number of pyridine rings is 1. The smallest absolute Gasteiger partial charge is 0.137 e. The van der Waals surface area contributed by atoms with Gasteiger partial charge in [0, 0.05) is 6.20 Å². The summed E-state index contributed by atoms with van der Waals surface area (Å²) < 4.78 is 5.21. The number of rotatable bonds is 4. The van der Waals surface area contributed by atoms with Crippen molar-refractivity contribution in [2.75, 3.05) is 7.11 Å². The summed E-state index contributed by atoms with van der Waals surface area (Å²) in [5.74, 6) is 0.728. The van der Waals surface area contributed by atoms with Crippen LogP contribution >= 0.6 is 0 Å². The topological polar surface area (TPSA) is 48.1 Å². The molecule has 0 bridgehead atoms. The maximum atomic E-state index is 6.57. The first kappa shape index (κ1) is 12.6. The van der Waals surface area contributed by atoms with E-state index >= 15 is 0 Å². The lowest BCUT2D eigenvalue weighted by Crippen LogP contribution is -2.37. The summed E-state index contributed by atoms with van der Waals surface area (Å²) in [4.78, 5) is 4.19. The summed E-state index contributed by atoms with van der Waals surface area (Å²) in [6, 6.07) is 12.0. The van der Waals surface area contributed by atoms with E-state index in [9.17, 15) is 0 Å². The number of nitrogens with zero attached hydrogens (tertiary/aromatic N) is 1. The van der Waals surface area contributed by atoms with Crippen molar-refractivity contribution in [2.45, 2.75) is 18.9 Å². The third-order valence-electron chi connectivity index (χ3n) is 3.31. The predicted molar refractivity (Wildman–Crippen MR) is 72.5 cm³/mol. The highest BCUT2D eigenvalue weighted by atomic mass is 16.5. The number of nitrogens with two attached hydrogens (primary N) is 1. The van der Waals surface area contributed by atoms with Crippen LogP contribution in [0, 0.1) is 0 Å². The van der Waals surface area contributed by atoms with Crippen molar-refractivity contribution in [3.8, 4) is 5.75 Å². The Morgan fingerprint density at radius 3 is 2.50 bits per heavy atom. The van der Waals surface area contributed by atoms with Crippen LogP contribution in [0.2, 0.25) is 0 Å². The fourth-order valence-corrected chi connectivity index (χ4v) is 2.08. The molecule has 18 heavy (non-hydrogen) atoms. The lowest BCUT2D eigenvalue weighted by molar-refractivity contribution is 0.409. The molecule has 0 radical (unpaired) electrons. The van der Waals surface area contributed by atoms with Crippen LogP contribution < -0.4 is 10.5 Å². The van der Waals surface area contributed by atoms with E-state index in [-0.39, 0.29) is 0 Å². The first-order valence-electron chi connectivity index (χ1n) is 6.04. The third kappa shape index (κ3) is 2.22. The highest BCUT2D eigenvalue weighted by Crippen LogP contribution is 2.31. The molecular formula is C15H18N2O. The van der Waals surface area contributed by atoms with Crippen molar-refractivity contribution in [2.24, 2.45) is 5.73 Å². The van der Waals surface area contributed by atoms with Crippen LogP contribution in [0.3, 0.4) is 0 Å². The van der Waals surface area contributed by atoms with Gasteiger partial charge in [-0.1, -0.05) is 37.3 Å². The van der Waals surface area contributed by atoms with Gasteiger partial charge in [-0.3, -0.25) is 4.98 Å². The van der Waals surface area contributed by atoms with E-state index in [0.717, 1.165) is 23.3 Å². The molecule has 0 fully saturated rings. The zero-order valence-electron chi connectivity index (χ0n) is 10.8. The highest BCUT2D eigenvalue weighted by Gasteiger charge is 2.28. The molecule has 2 aromatic rings. The maximum Gasteiger partial charge on any atom is 0.137 e. The second kappa shape index (κ2) is 5.19. The number of methoxy groups -OCH3 is 1. The lowest BCUT2D eigenvalue weighted by Gasteiger charge is -2.29. The normalized spacial score (nSPS) is 13.9. The van der Waals surface area contributed by atoms with Crippen LogP contribution in [0.15, 0.2) is 48.8 Å². The van der Waals surface area contributed by atoms with Gasteiger partial charge in [-0.05, 0) is 23.6 Å². The Balaban J connectivity index is 2.49. The average Bonchev–Trinajstić information content (AvgIpc) is 2.47. The summed E-state index contributed by atoms with van der Waals surface area (Å²) >= 11 is 0. The molecule has 1 atom stereocenters. The van der Waals surface area contributed by atoms with Crippen LogP contribution in [0.4, 0.5) is 0 Å². The molecule has 0 aliphatic rings. The van der Waals surface area contributed by atoms with Crippen molar-refractivity contribution < 1.29 is 4.74 Å². The molecule has 3 heteroatoms. The van der Waals surface area contributed by atoms with Gasteiger partial charge in [-0.25, -0.2) is 0 Å². The summed E-state index contributed by atoms with van der Waals surface area (Å²) in [6.45, 7) is 2.08. The van der Waals surface area contributed by atoms with E-state index in [1.165, 1.54) is 0 Å². The van der Waals surface area contributed by atoms with Crippen LogP contribution in [0.5, 0.6) is 5.75 Å². The van der Waals surface area contributed by atoms with Crippen molar-refractivity contribution in [3.05, 3.63) is 59.9 Å². The fraction of sp³-hybridized carbons (Fsp3) is 0.267. The van der Waals surface area contributed by atoms with Crippen LogP contribution in [-0.4, -0.2) is 12.1 Å². The SMILES string of the molecule is CCC(N)(c1ccccc1)c1cncc(OC)c1. The van der Waals surface area contributed by atoms with Gasteiger partial charge < -0.3 is 10.5 Å². The number of benzene rings is 1. The second-order valence-electron chi connectivity index (χ2n) is 4.30. The molecule has 1 aromatic heterocycles. The summed E-state index contributed by atoms with van der Waals surface area (Å²) in [5, 5.41) is 0. The van der Waals surface area contributed by atoms with Crippen molar-refractivity contribution in [1.82, 2.24) is 4.98 Å². The number of aromatic nitrogens is 1. The molecule has 94 valence electrons. The lowest BCUT2D eigenvalue weighted by atomic mass is 9.82. The predicted octanol–water partition coefficient (Wildman–Crippen LogP) is 2.70. The van der Waals surface area contributed by atoms with E-state index in [1.54, 1.807) is 19.5 Å². The Bertz CT molecular complexity index is 513.